The summed E-state index contributed by atoms with van der Waals surface area (Å²) in [4.78, 5) is 10.0. The van der Waals surface area contributed by atoms with Crippen molar-refractivity contribution in [3.8, 4) is 50.6 Å². The Morgan fingerprint density at radius 2 is 1.28 bits per heavy atom. The second-order valence-corrected chi connectivity index (χ2v) is 26.7. The number of para-hydroxylation sites is 2. The van der Waals surface area contributed by atoms with Crippen molar-refractivity contribution < 1.29 is 24.5 Å². The van der Waals surface area contributed by atoms with Crippen molar-refractivity contribution in [2.45, 2.75) is 92.3 Å². The van der Waals surface area contributed by atoms with Crippen molar-refractivity contribution in [1.82, 2.24) is 14.5 Å². The van der Waals surface area contributed by atoms with E-state index in [1.165, 1.54) is 44.1 Å². The van der Waals surface area contributed by atoms with E-state index in [4.69, 9.17) is 14.4 Å². The van der Waals surface area contributed by atoms with Crippen LogP contribution in [0.5, 0.6) is 0 Å². The van der Waals surface area contributed by atoms with Crippen molar-refractivity contribution in [2.24, 2.45) is 5.92 Å². The number of nitrogens with zero attached hydrogens (tertiary/aromatic N) is 3. The van der Waals surface area contributed by atoms with Gasteiger partial charge in [-0.15, -0.1) is 53.6 Å². The molecule has 69 heavy (non-hydrogen) atoms. The van der Waals surface area contributed by atoms with E-state index in [0.717, 1.165) is 67.7 Å². The first-order chi connectivity index (χ1) is 32.4. The number of aromatic nitrogens is 3. The predicted octanol–water partition coefficient (Wildman–Crippen LogP) is 16.6. The summed E-state index contributed by atoms with van der Waals surface area (Å²) >= 11 is 0. The quantitative estimate of drug-likeness (QED) is 0.112. The molecule has 0 saturated carbocycles. The SMILES string of the molecule is CC(C)(C)c1ccc(-n2c(-c3[c-]ccc4c3oc3cc(C(C)(C)C)ccc34)nc3ccccc32)c(-c2ccccc2)c1.CC(C)Cc1cc(-c2[c-]ccc(-c3ccccc3)c2)ncc1[Si](C)(C)C.[Ir]. The first-order valence-corrected chi connectivity index (χ1v) is 27.6. The van der Waals surface area contributed by atoms with Gasteiger partial charge in [0.25, 0.3) is 0 Å². The minimum atomic E-state index is -1.40. The van der Waals surface area contributed by atoms with E-state index in [2.05, 4.69) is 231 Å². The van der Waals surface area contributed by atoms with E-state index in [0.29, 0.717) is 5.92 Å². The molecule has 351 valence electrons. The van der Waals surface area contributed by atoms with Crippen LogP contribution >= 0.6 is 0 Å². The molecule has 0 atom stereocenters. The Morgan fingerprint density at radius 3 is 1.96 bits per heavy atom. The van der Waals surface area contributed by atoms with Gasteiger partial charge in [-0.3, -0.25) is 4.98 Å². The van der Waals surface area contributed by atoms with Crippen LogP contribution in [-0.2, 0) is 37.4 Å². The maximum absolute atomic E-state index is 6.65. The third-order valence-corrected chi connectivity index (χ3v) is 14.9. The smallest absolute Gasteiger partial charge is 0.121 e. The van der Waals surface area contributed by atoms with Crippen molar-refractivity contribution >= 4 is 46.2 Å². The van der Waals surface area contributed by atoms with Crippen LogP contribution in [-0.4, -0.2) is 22.6 Å². The van der Waals surface area contributed by atoms with Gasteiger partial charge in [0.2, 0.25) is 0 Å². The van der Waals surface area contributed by atoms with Crippen LogP contribution in [0.2, 0.25) is 19.6 Å². The Hall–Kier alpha value is -6.17. The third-order valence-electron chi connectivity index (χ3n) is 12.9. The Kier molecular flexibility index (Phi) is 14.0. The van der Waals surface area contributed by atoms with Gasteiger partial charge in [0.05, 0.1) is 30.5 Å². The number of benzene rings is 7. The third kappa shape index (κ3) is 10.4. The van der Waals surface area contributed by atoms with E-state index in [-0.39, 0.29) is 30.9 Å². The fourth-order valence-electron chi connectivity index (χ4n) is 9.21. The van der Waals surface area contributed by atoms with Crippen LogP contribution in [0.1, 0.15) is 72.1 Å². The fourth-order valence-corrected chi connectivity index (χ4v) is 10.8. The molecule has 0 amide bonds. The van der Waals surface area contributed by atoms with Crippen LogP contribution in [0.25, 0.3) is 83.6 Å². The molecule has 0 spiro atoms. The molecule has 0 aliphatic heterocycles. The number of hydrogen-bond donors (Lipinski definition) is 0. The van der Waals surface area contributed by atoms with Crippen LogP contribution < -0.4 is 5.19 Å². The summed E-state index contributed by atoms with van der Waals surface area (Å²) in [5.41, 5.74) is 16.5. The van der Waals surface area contributed by atoms with Gasteiger partial charge >= 0.3 is 0 Å². The Balaban J connectivity index is 0.000000205. The molecular formula is C63H63IrN3OSi-2. The fraction of sp³-hybridized carbons (Fsp3) is 0.238. The van der Waals surface area contributed by atoms with E-state index in [1.54, 1.807) is 0 Å². The van der Waals surface area contributed by atoms with Gasteiger partial charge in [0, 0.05) is 42.9 Å². The molecule has 0 N–H and O–H groups in total. The standard InChI is InChI=1S/C39H35N2O.C24H28NSi.Ir/c1-38(2,3)26-20-22-33(31(23-26)25-13-8-7-9-14-25)41-34-18-11-10-17-32(34)40-37(41)30-16-12-15-29-28-21-19-27(39(4,5)6)24-35(28)42-36(29)30;1-18(2)14-22-16-23(25-17-24(22)26(3,4)5)21-13-9-12-20(15-21)19-10-7-6-8-11-19;/h7-15,17-24H,1-6H3;6-12,15-18H,14H2,1-5H3;/q2*-1;. The molecule has 6 heteroatoms. The average Bonchev–Trinajstić information content (AvgIpc) is 3.90. The van der Waals surface area contributed by atoms with Gasteiger partial charge < -0.3 is 14.0 Å². The summed E-state index contributed by atoms with van der Waals surface area (Å²) in [7, 11) is -1.40. The number of fused-ring (bicyclic) bond motifs is 4. The predicted molar refractivity (Wildman–Crippen MR) is 291 cm³/mol. The molecule has 3 heterocycles. The van der Waals surface area contributed by atoms with Crippen molar-refractivity contribution in [2.75, 3.05) is 0 Å². The molecule has 0 bridgehead atoms. The number of furan rings is 1. The molecule has 3 aromatic heterocycles. The summed E-state index contributed by atoms with van der Waals surface area (Å²) in [6, 6.07) is 62.5. The van der Waals surface area contributed by atoms with E-state index < -0.39 is 8.07 Å². The van der Waals surface area contributed by atoms with Crippen LogP contribution in [0.4, 0.5) is 0 Å². The number of hydrogen-bond acceptors (Lipinski definition) is 3. The van der Waals surface area contributed by atoms with Gasteiger partial charge in [-0.05, 0) is 86.6 Å². The molecule has 7 aromatic carbocycles. The van der Waals surface area contributed by atoms with E-state index in [9.17, 15) is 0 Å². The molecule has 10 rings (SSSR count). The zero-order valence-electron chi connectivity index (χ0n) is 42.0. The van der Waals surface area contributed by atoms with Gasteiger partial charge in [-0.2, -0.15) is 0 Å². The molecule has 0 aliphatic carbocycles. The molecule has 0 fully saturated rings. The van der Waals surface area contributed by atoms with Crippen LogP contribution in [0.15, 0.2) is 168 Å². The van der Waals surface area contributed by atoms with Crippen LogP contribution in [0.3, 0.4) is 0 Å². The Bertz CT molecular complexity index is 3400. The minimum absolute atomic E-state index is 0. The summed E-state index contributed by atoms with van der Waals surface area (Å²) in [5.74, 6) is 1.46. The van der Waals surface area contributed by atoms with Gasteiger partial charge in [0.1, 0.15) is 5.58 Å². The van der Waals surface area contributed by atoms with Gasteiger partial charge in [-0.25, -0.2) is 0 Å². The first kappa shape index (κ1) is 49.3. The molecule has 1 radical (unpaired) electrons. The summed E-state index contributed by atoms with van der Waals surface area (Å²) < 4.78 is 8.94. The van der Waals surface area contributed by atoms with E-state index >= 15 is 0 Å². The van der Waals surface area contributed by atoms with Crippen molar-refractivity contribution in [1.29, 1.82) is 0 Å². The van der Waals surface area contributed by atoms with Gasteiger partial charge in [-0.1, -0.05) is 189 Å². The second kappa shape index (κ2) is 19.7. The summed E-state index contributed by atoms with van der Waals surface area (Å²) in [6.07, 6.45) is 3.23. The molecular weight excluding hydrogens is 1040 g/mol. The minimum Gasteiger partial charge on any atom is -0.501 e. The molecule has 0 unspecified atom stereocenters. The molecule has 0 saturated heterocycles. The molecule has 4 nitrogen and oxygen atoms in total. The first-order valence-electron chi connectivity index (χ1n) is 24.1. The largest absolute Gasteiger partial charge is 0.501 e. The molecule has 10 aromatic rings. The Morgan fingerprint density at radius 1 is 0.638 bits per heavy atom. The molecule has 0 aliphatic rings. The maximum Gasteiger partial charge on any atom is 0.121 e. The van der Waals surface area contributed by atoms with Crippen molar-refractivity contribution in [3.05, 3.63) is 193 Å². The number of imidazole rings is 1. The average molecular weight is 1100 g/mol. The van der Waals surface area contributed by atoms with Crippen molar-refractivity contribution in [3.63, 3.8) is 0 Å². The van der Waals surface area contributed by atoms with Crippen LogP contribution in [0, 0.1) is 18.1 Å². The monoisotopic (exact) mass is 1100 g/mol. The van der Waals surface area contributed by atoms with E-state index in [1.807, 2.05) is 24.3 Å². The van der Waals surface area contributed by atoms with Gasteiger partial charge in [0.15, 0.2) is 0 Å². The Labute approximate surface area is 424 Å². The maximum atomic E-state index is 6.65. The number of rotatable bonds is 8. The second-order valence-electron chi connectivity index (χ2n) is 21.7. The zero-order chi connectivity index (χ0) is 48.0. The topological polar surface area (TPSA) is 43.9 Å². The summed E-state index contributed by atoms with van der Waals surface area (Å²) in [5, 5.41) is 3.66. The summed E-state index contributed by atoms with van der Waals surface area (Å²) in [6.45, 7) is 25.2. The number of pyridine rings is 1. The normalized spacial score (nSPS) is 12.1. The zero-order valence-corrected chi connectivity index (χ0v) is 45.4.